The van der Waals surface area contributed by atoms with Crippen LogP contribution in [0.4, 0.5) is 17.2 Å². The molecule has 0 saturated carbocycles. The summed E-state index contributed by atoms with van der Waals surface area (Å²) in [5.41, 5.74) is 5.87. The summed E-state index contributed by atoms with van der Waals surface area (Å²) >= 11 is 0. The van der Waals surface area contributed by atoms with Crippen LogP contribution in [0.15, 0.2) is 67.3 Å². The fourth-order valence-electron chi connectivity index (χ4n) is 4.97. The molecule has 8 heteroatoms. The van der Waals surface area contributed by atoms with E-state index in [1.54, 1.807) is 6.20 Å². The predicted molar refractivity (Wildman–Crippen MR) is 128 cm³/mol. The molecule has 5 aromatic rings. The van der Waals surface area contributed by atoms with E-state index in [2.05, 4.69) is 67.9 Å². The van der Waals surface area contributed by atoms with Gasteiger partial charge >= 0.3 is 0 Å². The molecule has 0 spiro atoms. The Labute approximate surface area is 190 Å². The first kappa shape index (κ1) is 18.6. The second-order valence-corrected chi connectivity index (χ2v) is 8.84. The van der Waals surface area contributed by atoms with E-state index in [-0.39, 0.29) is 0 Å². The second-order valence-electron chi connectivity index (χ2n) is 8.84. The van der Waals surface area contributed by atoms with Crippen LogP contribution >= 0.6 is 0 Å². The van der Waals surface area contributed by atoms with Gasteiger partial charge in [0.25, 0.3) is 0 Å². The third-order valence-corrected chi connectivity index (χ3v) is 6.65. The molecule has 0 aliphatic carbocycles. The Balaban J connectivity index is 1.19. The Bertz CT molecular complexity index is 1440. The largest absolute Gasteiger partial charge is 0.371 e. The molecule has 2 fully saturated rings. The highest BCUT2D eigenvalue weighted by Crippen LogP contribution is 2.31. The lowest BCUT2D eigenvalue weighted by Crippen LogP contribution is -2.42. The van der Waals surface area contributed by atoms with E-state index < -0.39 is 0 Å². The van der Waals surface area contributed by atoms with Crippen LogP contribution < -0.4 is 10.2 Å². The van der Waals surface area contributed by atoms with Gasteiger partial charge in [-0.25, -0.2) is 9.97 Å². The molecule has 0 amide bonds. The molecular formula is C25H23N7O. The number of nitrogens with one attached hydrogen (secondary N) is 2. The Morgan fingerprint density at radius 2 is 1.88 bits per heavy atom. The molecule has 8 nitrogen and oxygen atoms in total. The number of benzene rings is 2. The predicted octanol–water partition coefficient (Wildman–Crippen LogP) is 4.38. The summed E-state index contributed by atoms with van der Waals surface area (Å²) in [6, 6.07) is 14.8. The van der Waals surface area contributed by atoms with Crippen LogP contribution in [0.2, 0.25) is 0 Å². The van der Waals surface area contributed by atoms with Crippen LogP contribution in [-0.2, 0) is 4.74 Å². The van der Waals surface area contributed by atoms with E-state index >= 15 is 0 Å². The van der Waals surface area contributed by atoms with Crippen molar-refractivity contribution >= 4 is 33.7 Å². The van der Waals surface area contributed by atoms with Crippen LogP contribution in [0.3, 0.4) is 0 Å². The normalized spacial score (nSPS) is 20.1. The number of anilines is 3. The van der Waals surface area contributed by atoms with Crippen LogP contribution in [0.5, 0.6) is 0 Å². The molecule has 164 valence electrons. The van der Waals surface area contributed by atoms with Gasteiger partial charge in [0.1, 0.15) is 0 Å². The number of rotatable bonds is 4. The van der Waals surface area contributed by atoms with Crippen molar-refractivity contribution in [3.05, 3.63) is 67.3 Å². The SMILES string of the molecule is c1cn2cc(-c3ccc4cn[nH]c4c3)nc(Nc3ccc(N4C[C@H]5CC[C@@H](C4)O5)cc3)c2n1. The van der Waals surface area contributed by atoms with Crippen molar-refractivity contribution in [2.45, 2.75) is 25.0 Å². The third-order valence-electron chi connectivity index (χ3n) is 6.65. The van der Waals surface area contributed by atoms with E-state index in [1.807, 2.05) is 23.0 Å². The minimum absolute atomic E-state index is 0.378. The summed E-state index contributed by atoms with van der Waals surface area (Å²) in [5, 5.41) is 11.7. The van der Waals surface area contributed by atoms with Crippen molar-refractivity contribution in [3.8, 4) is 11.3 Å². The minimum Gasteiger partial charge on any atom is -0.371 e. The number of H-pyrrole nitrogens is 1. The number of aromatic amines is 1. The molecule has 2 bridgehead atoms. The quantitative estimate of drug-likeness (QED) is 0.434. The van der Waals surface area contributed by atoms with Gasteiger partial charge in [0.2, 0.25) is 0 Å². The van der Waals surface area contributed by atoms with Gasteiger partial charge in [0, 0.05) is 54.0 Å². The van der Waals surface area contributed by atoms with Crippen molar-refractivity contribution in [3.63, 3.8) is 0 Å². The summed E-state index contributed by atoms with van der Waals surface area (Å²) < 4.78 is 7.97. The topological polar surface area (TPSA) is 83.4 Å². The van der Waals surface area contributed by atoms with Crippen molar-refractivity contribution in [2.24, 2.45) is 0 Å². The van der Waals surface area contributed by atoms with Gasteiger partial charge in [-0.2, -0.15) is 5.10 Å². The highest BCUT2D eigenvalue weighted by molar-refractivity contribution is 5.84. The van der Waals surface area contributed by atoms with E-state index in [4.69, 9.17) is 9.72 Å². The highest BCUT2D eigenvalue weighted by Gasteiger charge is 2.33. The maximum Gasteiger partial charge on any atom is 0.180 e. The van der Waals surface area contributed by atoms with E-state index in [0.717, 1.165) is 52.4 Å². The van der Waals surface area contributed by atoms with E-state index in [9.17, 15) is 0 Å². The van der Waals surface area contributed by atoms with Gasteiger partial charge in [0.15, 0.2) is 11.5 Å². The lowest BCUT2D eigenvalue weighted by molar-refractivity contribution is 0.0305. The smallest absolute Gasteiger partial charge is 0.180 e. The first-order chi connectivity index (χ1) is 16.3. The second kappa shape index (κ2) is 7.31. The molecule has 5 heterocycles. The molecule has 2 atom stereocenters. The zero-order valence-corrected chi connectivity index (χ0v) is 18.0. The van der Waals surface area contributed by atoms with Crippen LogP contribution in [0, 0.1) is 0 Å². The fraction of sp³-hybridized carbons (Fsp3) is 0.240. The molecule has 0 radical (unpaired) electrons. The molecule has 33 heavy (non-hydrogen) atoms. The maximum absolute atomic E-state index is 5.97. The van der Waals surface area contributed by atoms with Gasteiger partial charge in [-0.1, -0.05) is 12.1 Å². The van der Waals surface area contributed by atoms with Gasteiger partial charge in [-0.15, -0.1) is 0 Å². The first-order valence-electron chi connectivity index (χ1n) is 11.3. The van der Waals surface area contributed by atoms with Gasteiger partial charge in [-0.05, 0) is 43.2 Å². The molecule has 2 aliphatic rings. The molecule has 7 rings (SSSR count). The van der Waals surface area contributed by atoms with Crippen molar-refractivity contribution < 1.29 is 4.74 Å². The molecular weight excluding hydrogens is 414 g/mol. The lowest BCUT2D eigenvalue weighted by atomic mass is 10.1. The summed E-state index contributed by atoms with van der Waals surface area (Å²) in [4.78, 5) is 11.9. The zero-order valence-electron chi connectivity index (χ0n) is 18.0. The van der Waals surface area contributed by atoms with Gasteiger partial charge in [0.05, 0.1) is 29.6 Å². The number of aromatic nitrogens is 5. The number of nitrogens with zero attached hydrogens (tertiary/aromatic N) is 5. The Hall–Kier alpha value is -3.91. The first-order valence-corrected chi connectivity index (χ1v) is 11.3. The van der Waals surface area contributed by atoms with E-state index in [0.29, 0.717) is 12.2 Å². The number of hydrogen-bond donors (Lipinski definition) is 2. The van der Waals surface area contributed by atoms with Gasteiger partial charge < -0.3 is 19.4 Å². The monoisotopic (exact) mass is 437 g/mol. The van der Waals surface area contributed by atoms with Crippen molar-refractivity contribution in [1.29, 1.82) is 0 Å². The fourth-order valence-corrected chi connectivity index (χ4v) is 4.97. The minimum atomic E-state index is 0.378. The number of imidazole rings is 1. The summed E-state index contributed by atoms with van der Waals surface area (Å²) in [7, 11) is 0. The highest BCUT2D eigenvalue weighted by atomic mass is 16.5. The molecule has 2 aliphatic heterocycles. The average molecular weight is 438 g/mol. The number of fused-ring (bicyclic) bond motifs is 4. The zero-order chi connectivity index (χ0) is 21.8. The lowest BCUT2D eigenvalue weighted by Gasteiger charge is -2.33. The number of hydrogen-bond acceptors (Lipinski definition) is 6. The van der Waals surface area contributed by atoms with Gasteiger partial charge in [-0.3, -0.25) is 5.10 Å². The Kier molecular flexibility index (Phi) is 4.13. The number of morpholine rings is 1. The molecule has 2 N–H and O–H groups in total. The van der Waals surface area contributed by atoms with Crippen LogP contribution in [0.1, 0.15) is 12.8 Å². The van der Waals surface area contributed by atoms with Crippen LogP contribution in [0.25, 0.3) is 27.8 Å². The van der Waals surface area contributed by atoms with E-state index in [1.165, 1.54) is 18.5 Å². The summed E-state index contributed by atoms with van der Waals surface area (Å²) in [6.07, 6.45) is 10.7. The van der Waals surface area contributed by atoms with Crippen molar-refractivity contribution in [2.75, 3.05) is 23.3 Å². The standard InChI is InChI=1S/C25H23N7O/c1-2-17-12-27-30-22(17)11-16(1)23-15-31-10-9-26-25(31)24(29-23)28-18-3-5-19(6-4-18)32-13-20-7-8-21(14-32)33-20/h1-6,9-12,15,20-21H,7-8,13-14H2,(H,27,30)(H,28,29)/t20-,21+. The molecule has 3 aromatic heterocycles. The molecule has 2 aromatic carbocycles. The van der Waals surface area contributed by atoms with Crippen molar-refractivity contribution in [1.82, 2.24) is 24.6 Å². The Morgan fingerprint density at radius 3 is 2.73 bits per heavy atom. The summed E-state index contributed by atoms with van der Waals surface area (Å²) in [6.45, 7) is 1.95. The summed E-state index contributed by atoms with van der Waals surface area (Å²) in [5.74, 6) is 0.722. The maximum atomic E-state index is 5.97. The average Bonchev–Trinajstić information content (AvgIpc) is 3.58. The number of ether oxygens (including phenoxy) is 1. The molecule has 0 unspecified atom stereocenters. The van der Waals surface area contributed by atoms with Crippen LogP contribution in [-0.4, -0.2) is 49.9 Å². The Morgan fingerprint density at radius 1 is 1.03 bits per heavy atom. The third kappa shape index (κ3) is 3.30. The molecule has 2 saturated heterocycles.